The molecule has 122 valence electrons. The van der Waals surface area contributed by atoms with Crippen LogP contribution in [0.1, 0.15) is 18.4 Å². The van der Waals surface area contributed by atoms with Crippen LogP contribution in [0.5, 0.6) is 0 Å². The lowest BCUT2D eigenvalue weighted by atomic mass is 9.91. The van der Waals surface area contributed by atoms with E-state index in [1.165, 1.54) is 21.1 Å². The van der Waals surface area contributed by atoms with E-state index in [1.54, 1.807) is 13.2 Å². The van der Waals surface area contributed by atoms with E-state index in [0.29, 0.717) is 5.92 Å². The van der Waals surface area contributed by atoms with E-state index in [1.807, 2.05) is 17.2 Å². The zero-order valence-electron chi connectivity index (χ0n) is 13.3. The van der Waals surface area contributed by atoms with Crippen LogP contribution >= 0.6 is 0 Å². The fourth-order valence-corrected chi connectivity index (χ4v) is 3.00. The van der Waals surface area contributed by atoms with Gasteiger partial charge >= 0.3 is 5.69 Å². The van der Waals surface area contributed by atoms with Crippen molar-refractivity contribution in [2.45, 2.75) is 25.8 Å². The summed E-state index contributed by atoms with van der Waals surface area (Å²) in [7, 11) is 1.63. The van der Waals surface area contributed by atoms with Crippen molar-refractivity contribution in [1.29, 1.82) is 0 Å². The summed E-state index contributed by atoms with van der Waals surface area (Å²) in [6, 6.07) is 4.05. The van der Waals surface area contributed by atoms with Crippen molar-refractivity contribution in [3.05, 3.63) is 46.9 Å². The molecule has 2 aromatic rings. The first kappa shape index (κ1) is 15.5. The summed E-state index contributed by atoms with van der Waals surface area (Å²) in [4.78, 5) is 30.0. The van der Waals surface area contributed by atoms with E-state index in [0.717, 1.165) is 32.4 Å². The van der Waals surface area contributed by atoms with Crippen molar-refractivity contribution in [3.8, 4) is 0 Å². The highest BCUT2D eigenvalue weighted by Crippen LogP contribution is 2.21. The SMILES string of the molecule is Cn1cnn(CC(=O)N2CCC(Cc3cccnc3)CC2)c1=O. The Balaban J connectivity index is 1.51. The van der Waals surface area contributed by atoms with Gasteiger partial charge in [-0.15, -0.1) is 0 Å². The summed E-state index contributed by atoms with van der Waals surface area (Å²) < 4.78 is 2.58. The van der Waals surface area contributed by atoms with Crippen molar-refractivity contribution < 1.29 is 4.79 Å². The van der Waals surface area contributed by atoms with Crippen molar-refractivity contribution in [2.75, 3.05) is 13.1 Å². The van der Waals surface area contributed by atoms with Crippen molar-refractivity contribution in [1.82, 2.24) is 24.2 Å². The minimum atomic E-state index is -0.259. The first-order valence-corrected chi connectivity index (χ1v) is 7.88. The monoisotopic (exact) mass is 315 g/mol. The summed E-state index contributed by atoms with van der Waals surface area (Å²) in [6.45, 7) is 1.50. The Hall–Kier alpha value is -2.44. The molecule has 0 radical (unpaired) electrons. The summed E-state index contributed by atoms with van der Waals surface area (Å²) in [5, 5.41) is 3.93. The summed E-state index contributed by atoms with van der Waals surface area (Å²) >= 11 is 0. The number of amides is 1. The second-order valence-corrected chi connectivity index (χ2v) is 6.07. The molecule has 1 fully saturated rings. The van der Waals surface area contributed by atoms with Crippen LogP contribution in [0, 0.1) is 5.92 Å². The van der Waals surface area contributed by atoms with Crippen LogP contribution in [-0.4, -0.2) is 43.2 Å². The Labute approximate surface area is 134 Å². The number of pyridine rings is 1. The fourth-order valence-electron chi connectivity index (χ4n) is 3.00. The van der Waals surface area contributed by atoms with Gasteiger partial charge in [0, 0.05) is 32.5 Å². The van der Waals surface area contributed by atoms with Crippen LogP contribution in [0.4, 0.5) is 0 Å². The number of likely N-dealkylation sites (tertiary alicyclic amines) is 1. The largest absolute Gasteiger partial charge is 0.345 e. The Morgan fingerprint density at radius 1 is 1.35 bits per heavy atom. The summed E-state index contributed by atoms with van der Waals surface area (Å²) in [5.74, 6) is 0.548. The number of hydrogen-bond donors (Lipinski definition) is 0. The minimum Gasteiger partial charge on any atom is -0.341 e. The number of aromatic nitrogens is 4. The first-order valence-electron chi connectivity index (χ1n) is 7.88. The molecule has 23 heavy (non-hydrogen) atoms. The Morgan fingerprint density at radius 3 is 2.74 bits per heavy atom. The van der Waals surface area contributed by atoms with Crippen LogP contribution in [-0.2, 0) is 24.8 Å². The quantitative estimate of drug-likeness (QED) is 0.821. The highest BCUT2D eigenvalue weighted by atomic mass is 16.2. The zero-order chi connectivity index (χ0) is 16.2. The molecule has 1 aliphatic rings. The van der Waals surface area contributed by atoms with Gasteiger partial charge in [-0.1, -0.05) is 6.07 Å². The van der Waals surface area contributed by atoms with Gasteiger partial charge in [0.1, 0.15) is 12.9 Å². The van der Waals surface area contributed by atoms with Gasteiger partial charge in [-0.05, 0) is 36.8 Å². The van der Waals surface area contributed by atoms with E-state index in [2.05, 4.69) is 16.1 Å². The average molecular weight is 315 g/mol. The van der Waals surface area contributed by atoms with Gasteiger partial charge in [-0.3, -0.25) is 14.3 Å². The molecule has 0 aliphatic carbocycles. The molecule has 3 heterocycles. The lowest BCUT2D eigenvalue weighted by Gasteiger charge is -2.32. The topological polar surface area (TPSA) is 73.0 Å². The van der Waals surface area contributed by atoms with Crippen LogP contribution in [0.3, 0.4) is 0 Å². The third-order valence-electron chi connectivity index (χ3n) is 4.39. The second kappa shape index (κ2) is 6.76. The normalized spacial score (nSPS) is 15.8. The van der Waals surface area contributed by atoms with Crippen molar-refractivity contribution in [2.24, 2.45) is 13.0 Å². The highest BCUT2D eigenvalue weighted by molar-refractivity contribution is 5.75. The van der Waals surface area contributed by atoms with Gasteiger partial charge in [0.2, 0.25) is 5.91 Å². The van der Waals surface area contributed by atoms with Gasteiger partial charge < -0.3 is 4.90 Å². The number of nitrogens with zero attached hydrogens (tertiary/aromatic N) is 5. The van der Waals surface area contributed by atoms with Gasteiger partial charge in [0.05, 0.1) is 0 Å². The molecule has 1 saturated heterocycles. The van der Waals surface area contributed by atoms with E-state index >= 15 is 0 Å². The molecule has 0 atom stereocenters. The van der Waals surface area contributed by atoms with Crippen LogP contribution in [0.2, 0.25) is 0 Å². The molecule has 2 aromatic heterocycles. The predicted molar refractivity (Wildman–Crippen MR) is 84.7 cm³/mol. The molecular formula is C16H21N5O2. The molecule has 0 saturated carbocycles. The summed E-state index contributed by atoms with van der Waals surface area (Å²) in [5.41, 5.74) is 0.988. The number of piperidine rings is 1. The highest BCUT2D eigenvalue weighted by Gasteiger charge is 2.23. The molecule has 1 amide bonds. The molecule has 7 heteroatoms. The molecular weight excluding hydrogens is 294 g/mol. The van der Waals surface area contributed by atoms with E-state index in [4.69, 9.17) is 0 Å². The van der Waals surface area contributed by atoms with Crippen LogP contribution in [0.15, 0.2) is 35.6 Å². The third kappa shape index (κ3) is 3.67. The standard InChI is InChI=1S/C16H21N5O2/c1-19-12-18-21(16(19)23)11-15(22)20-7-4-13(5-8-20)9-14-3-2-6-17-10-14/h2-3,6,10,12-13H,4-5,7-9,11H2,1H3. The van der Waals surface area contributed by atoms with E-state index in [-0.39, 0.29) is 18.1 Å². The average Bonchev–Trinajstić information content (AvgIpc) is 2.88. The molecule has 0 bridgehead atoms. The Kier molecular flexibility index (Phi) is 4.55. The van der Waals surface area contributed by atoms with E-state index in [9.17, 15) is 9.59 Å². The smallest absolute Gasteiger partial charge is 0.341 e. The van der Waals surface area contributed by atoms with Crippen LogP contribution in [0.25, 0.3) is 0 Å². The van der Waals surface area contributed by atoms with Crippen LogP contribution < -0.4 is 5.69 Å². The maximum Gasteiger partial charge on any atom is 0.345 e. The molecule has 3 rings (SSSR count). The van der Waals surface area contributed by atoms with Gasteiger partial charge in [-0.25, -0.2) is 9.48 Å². The van der Waals surface area contributed by atoms with Crippen molar-refractivity contribution in [3.63, 3.8) is 0 Å². The number of carbonyl (C=O) groups is 1. The molecule has 0 aromatic carbocycles. The number of aryl methyl sites for hydroxylation is 1. The molecule has 1 aliphatic heterocycles. The minimum absolute atomic E-state index is 0.0208. The molecule has 0 spiro atoms. The lowest BCUT2D eigenvalue weighted by molar-refractivity contribution is -0.133. The third-order valence-corrected chi connectivity index (χ3v) is 4.39. The maximum atomic E-state index is 12.3. The first-order chi connectivity index (χ1) is 11.1. The Bertz CT molecular complexity index is 714. The predicted octanol–water partition coefficient (Wildman–Crippen LogP) is 0.458. The van der Waals surface area contributed by atoms with E-state index < -0.39 is 0 Å². The molecule has 0 unspecified atom stereocenters. The van der Waals surface area contributed by atoms with Crippen molar-refractivity contribution >= 4 is 5.91 Å². The number of rotatable bonds is 4. The number of carbonyl (C=O) groups excluding carboxylic acids is 1. The lowest BCUT2D eigenvalue weighted by Crippen LogP contribution is -2.42. The maximum absolute atomic E-state index is 12.3. The fraction of sp³-hybridized carbons (Fsp3) is 0.500. The molecule has 0 N–H and O–H groups in total. The van der Waals surface area contributed by atoms with Gasteiger partial charge in [-0.2, -0.15) is 5.10 Å². The Morgan fingerprint density at radius 2 is 2.13 bits per heavy atom. The second-order valence-electron chi connectivity index (χ2n) is 6.07. The molecule has 7 nitrogen and oxygen atoms in total. The number of hydrogen-bond acceptors (Lipinski definition) is 4. The van der Waals surface area contributed by atoms with Gasteiger partial charge in [0.25, 0.3) is 0 Å². The van der Waals surface area contributed by atoms with Gasteiger partial charge in [0.15, 0.2) is 0 Å². The zero-order valence-corrected chi connectivity index (χ0v) is 13.3. The summed E-state index contributed by atoms with van der Waals surface area (Å²) in [6.07, 6.45) is 8.09.